The zero-order valence-electron chi connectivity index (χ0n) is 22.7. The van der Waals surface area contributed by atoms with E-state index in [1.807, 2.05) is 60.7 Å². The molecule has 0 radical (unpaired) electrons. The Labute approximate surface area is 236 Å². The monoisotopic (exact) mass is 567 g/mol. The van der Waals surface area contributed by atoms with Crippen molar-refractivity contribution in [3.63, 3.8) is 0 Å². The molecule has 3 aromatic carbocycles. The quantitative estimate of drug-likeness (QED) is 0.150. The van der Waals surface area contributed by atoms with Gasteiger partial charge >= 0.3 is 0 Å². The highest BCUT2D eigenvalue weighted by atomic mass is 32.2. The topological polar surface area (TPSA) is 111 Å². The maximum atomic E-state index is 13.7. The first-order chi connectivity index (χ1) is 19.4. The van der Waals surface area contributed by atoms with Gasteiger partial charge in [0.15, 0.2) is 21.3 Å². The molecule has 1 amide bonds. The third-order valence-electron chi connectivity index (χ3n) is 7.20. The molecule has 3 atom stereocenters. The number of carbonyl (C=O) groups is 1. The molecule has 2 N–H and O–H groups in total. The molecule has 0 heterocycles. The van der Waals surface area contributed by atoms with Gasteiger partial charge in [0, 0.05) is 18.9 Å². The van der Waals surface area contributed by atoms with Crippen LogP contribution in [0.5, 0.6) is 17.2 Å². The predicted octanol–water partition coefficient (Wildman–Crippen LogP) is 5.52. The average molecular weight is 568 g/mol. The predicted molar refractivity (Wildman–Crippen MR) is 152 cm³/mol. The molecule has 3 aromatic rings. The summed E-state index contributed by atoms with van der Waals surface area (Å²) in [7, 11) is -2.41. The van der Waals surface area contributed by atoms with Gasteiger partial charge in [-0.15, -0.1) is 0 Å². The van der Waals surface area contributed by atoms with E-state index in [1.54, 1.807) is 11.5 Å². The Kier molecular flexibility index (Phi) is 10.4. The van der Waals surface area contributed by atoms with E-state index in [2.05, 4.69) is 0 Å². The number of ether oxygens (including phenoxy) is 3. The minimum atomic E-state index is -3.92. The molecular weight excluding hydrogens is 530 g/mol. The highest BCUT2D eigenvalue weighted by Gasteiger charge is 2.32. The van der Waals surface area contributed by atoms with Crippen molar-refractivity contribution in [3.8, 4) is 17.2 Å². The SMILES string of the molecule is COc1ccc(S(=O)(=O)C(CCCCc2ccccc2)CC(=O)NO)cc1O[C@H]1CC[C@H](Oc2ccccc2)C1. The summed E-state index contributed by atoms with van der Waals surface area (Å²) in [5, 5.41) is 8.09. The molecule has 8 nitrogen and oxygen atoms in total. The molecule has 1 saturated carbocycles. The number of hydrogen-bond acceptors (Lipinski definition) is 7. The molecule has 1 unspecified atom stereocenters. The molecular formula is C31H37NO7S. The van der Waals surface area contributed by atoms with Crippen molar-refractivity contribution in [2.24, 2.45) is 0 Å². The molecule has 1 fully saturated rings. The zero-order valence-corrected chi connectivity index (χ0v) is 23.5. The average Bonchev–Trinajstić information content (AvgIpc) is 3.41. The fourth-order valence-corrected chi connectivity index (χ4v) is 6.83. The molecule has 0 aromatic heterocycles. The highest BCUT2D eigenvalue weighted by Crippen LogP contribution is 2.36. The number of unbranched alkanes of at least 4 members (excludes halogenated alkanes) is 1. The van der Waals surface area contributed by atoms with E-state index in [-0.39, 0.29) is 29.9 Å². The Morgan fingerprint density at radius 3 is 2.27 bits per heavy atom. The summed E-state index contributed by atoms with van der Waals surface area (Å²) < 4.78 is 45.2. The second-order valence-corrected chi connectivity index (χ2v) is 12.3. The van der Waals surface area contributed by atoms with Crippen LogP contribution in [-0.4, -0.2) is 44.1 Å². The number of methoxy groups -OCH3 is 1. The van der Waals surface area contributed by atoms with E-state index < -0.39 is 21.0 Å². The minimum Gasteiger partial charge on any atom is -0.493 e. The number of hydroxylamine groups is 1. The number of hydrogen-bond donors (Lipinski definition) is 2. The Balaban J connectivity index is 1.44. The highest BCUT2D eigenvalue weighted by molar-refractivity contribution is 7.92. The summed E-state index contributed by atoms with van der Waals surface area (Å²) in [6.07, 6.45) is 4.24. The maximum absolute atomic E-state index is 13.7. The molecule has 0 aliphatic heterocycles. The summed E-state index contributed by atoms with van der Waals surface area (Å²) in [5.74, 6) is 0.833. The second-order valence-electron chi connectivity index (χ2n) is 10.1. The smallest absolute Gasteiger partial charge is 0.244 e. The summed E-state index contributed by atoms with van der Waals surface area (Å²) in [4.78, 5) is 12.1. The fraction of sp³-hybridized carbons (Fsp3) is 0.387. The van der Waals surface area contributed by atoms with E-state index in [1.165, 1.54) is 24.8 Å². The molecule has 9 heteroatoms. The third-order valence-corrected chi connectivity index (χ3v) is 9.39. The lowest BCUT2D eigenvalue weighted by Gasteiger charge is -2.20. The Morgan fingerprint density at radius 1 is 0.925 bits per heavy atom. The summed E-state index contributed by atoms with van der Waals surface area (Å²) in [6, 6.07) is 24.1. The number of para-hydroxylation sites is 1. The van der Waals surface area contributed by atoms with Crippen LogP contribution in [0.4, 0.5) is 0 Å². The van der Waals surface area contributed by atoms with Crippen LogP contribution in [-0.2, 0) is 21.1 Å². The minimum absolute atomic E-state index is 0.00238. The second kappa shape index (κ2) is 14.2. The van der Waals surface area contributed by atoms with Gasteiger partial charge in [0.05, 0.1) is 17.3 Å². The van der Waals surface area contributed by atoms with Crippen LogP contribution in [0, 0.1) is 0 Å². The number of rotatable bonds is 14. The van der Waals surface area contributed by atoms with E-state index >= 15 is 0 Å². The van der Waals surface area contributed by atoms with Crippen molar-refractivity contribution in [2.75, 3.05) is 7.11 Å². The molecule has 0 bridgehead atoms. The third kappa shape index (κ3) is 7.99. The molecule has 214 valence electrons. The van der Waals surface area contributed by atoms with Crippen LogP contribution in [0.3, 0.4) is 0 Å². The van der Waals surface area contributed by atoms with Gasteiger partial charge in [-0.05, 0) is 61.9 Å². The normalized spacial score (nSPS) is 17.6. The number of amides is 1. The van der Waals surface area contributed by atoms with Gasteiger partial charge in [-0.25, -0.2) is 13.9 Å². The van der Waals surface area contributed by atoms with Gasteiger partial charge < -0.3 is 14.2 Å². The van der Waals surface area contributed by atoms with Gasteiger partial charge in [0.1, 0.15) is 18.0 Å². The summed E-state index contributed by atoms with van der Waals surface area (Å²) in [5.41, 5.74) is 2.75. The van der Waals surface area contributed by atoms with E-state index in [0.29, 0.717) is 24.3 Å². The Bertz CT molecular complexity index is 1330. The molecule has 40 heavy (non-hydrogen) atoms. The molecule has 1 aliphatic carbocycles. The van der Waals surface area contributed by atoms with E-state index in [0.717, 1.165) is 31.4 Å². The first-order valence-electron chi connectivity index (χ1n) is 13.7. The van der Waals surface area contributed by atoms with E-state index in [9.17, 15) is 13.2 Å². The van der Waals surface area contributed by atoms with Gasteiger partial charge in [0.25, 0.3) is 0 Å². The number of nitrogens with one attached hydrogen (secondary N) is 1. The number of aryl methyl sites for hydroxylation is 1. The Hall–Kier alpha value is -3.56. The van der Waals surface area contributed by atoms with Crippen LogP contribution in [0.25, 0.3) is 0 Å². The number of sulfone groups is 1. The van der Waals surface area contributed by atoms with Crippen molar-refractivity contribution in [1.29, 1.82) is 0 Å². The van der Waals surface area contributed by atoms with Gasteiger partial charge in [0.2, 0.25) is 5.91 Å². The standard InChI is InChI=1S/C31H37NO7S/c1-37-29-19-18-28(21-30(29)39-26-17-16-25(20-26)38-24-13-6-3-7-14-24)40(35,36)27(22-31(33)32-34)15-9-8-12-23-10-4-2-5-11-23/h2-7,10-11,13-14,18-19,21,25-27,34H,8-9,12,15-17,20,22H2,1H3,(H,32,33)/t25-,26-,27?/m0/s1. The lowest BCUT2D eigenvalue weighted by molar-refractivity contribution is -0.129. The van der Waals surface area contributed by atoms with Crippen LogP contribution in [0.15, 0.2) is 83.8 Å². The van der Waals surface area contributed by atoms with Gasteiger partial charge in [-0.1, -0.05) is 55.0 Å². The lowest BCUT2D eigenvalue weighted by Crippen LogP contribution is -2.30. The number of benzene rings is 3. The lowest BCUT2D eigenvalue weighted by atomic mass is 10.1. The molecule has 4 rings (SSSR count). The largest absolute Gasteiger partial charge is 0.493 e. The first-order valence-corrected chi connectivity index (χ1v) is 15.2. The van der Waals surface area contributed by atoms with Crippen LogP contribution in [0.1, 0.15) is 50.5 Å². The van der Waals surface area contributed by atoms with Crippen molar-refractivity contribution in [3.05, 3.63) is 84.4 Å². The van der Waals surface area contributed by atoms with Gasteiger partial charge in [-0.2, -0.15) is 0 Å². The summed E-state index contributed by atoms with van der Waals surface area (Å²) >= 11 is 0. The summed E-state index contributed by atoms with van der Waals surface area (Å²) in [6.45, 7) is 0. The fourth-order valence-electron chi connectivity index (χ4n) is 5.07. The van der Waals surface area contributed by atoms with Crippen molar-refractivity contribution in [2.45, 2.75) is 73.7 Å². The van der Waals surface area contributed by atoms with Crippen molar-refractivity contribution >= 4 is 15.7 Å². The Morgan fingerprint density at radius 2 is 1.60 bits per heavy atom. The molecule has 0 spiro atoms. The molecule has 1 aliphatic rings. The molecule has 0 saturated heterocycles. The number of carbonyl (C=O) groups excluding carboxylic acids is 1. The van der Waals surface area contributed by atoms with Gasteiger partial charge in [-0.3, -0.25) is 10.0 Å². The van der Waals surface area contributed by atoms with Crippen LogP contribution >= 0.6 is 0 Å². The maximum Gasteiger partial charge on any atom is 0.244 e. The van der Waals surface area contributed by atoms with Crippen LogP contribution < -0.4 is 19.7 Å². The van der Waals surface area contributed by atoms with E-state index in [4.69, 9.17) is 19.4 Å². The van der Waals surface area contributed by atoms with Crippen molar-refractivity contribution < 1.29 is 32.6 Å². The van der Waals surface area contributed by atoms with Crippen LogP contribution in [0.2, 0.25) is 0 Å². The zero-order chi connectivity index (χ0) is 28.4. The van der Waals surface area contributed by atoms with Crippen molar-refractivity contribution in [1.82, 2.24) is 5.48 Å². The first kappa shape index (κ1) is 29.4.